The van der Waals surface area contributed by atoms with Crippen LogP contribution in [0.3, 0.4) is 0 Å². The number of nitrogens with one attached hydrogen (secondary N) is 1. The second-order valence-electron chi connectivity index (χ2n) is 6.04. The molecule has 3 rings (SSSR count). The largest absolute Gasteiger partial charge is 0.464 e. The van der Waals surface area contributed by atoms with Gasteiger partial charge < -0.3 is 14.4 Å². The maximum absolute atomic E-state index is 12.5. The molecule has 2 heterocycles. The first-order valence-electron chi connectivity index (χ1n) is 8.68. The van der Waals surface area contributed by atoms with Gasteiger partial charge in [0.1, 0.15) is 6.04 Å². The standard InChI is InChI=1S/C18H21N3O5/c1-2-25-17(23)14-9-5-6-10-21(14)15(22)11-26-18(24)16-12-7-3-4-8-13(12)19-20-16/h3-4,7-8,14H,2,5-6,9-11H2,1H3,(H,19,20)/t14-/m0/s1. The molecule has 0 spiro atoms. The Labute approximate surface area is 150 Å². The number of esters is 2. The third-order valence-corrected chi connectivity index (χ3v) is 4.37. The van der Waals surface area contributed by atoms with Crippen molar-refractivity contribution >= 4 is 28.7 Å². The number of piperidine rings is 1. The van der Waals surface area contributed by atoms with Gasteiger partial charge in [0.25, 0.3) is 5.91 Å². The summed E-state index contributed by atoms with van der Waals surface area (Å²) in [5, 5.41) is 7.34. The molecule has 1 aromatic carbocycles. The van der Waals surface area contributed by atoms with Gasteiger partial charge in [0.15, 0.2) is 12.3 Å². The molecule has 8 nitrogen and oxygen atoms in total. The van der Waals surface area contributed by atoms with Gasteiger partial charge in [-0.15, -0.1) is 0 Å². The van der Waals surface area contributed by atoms with Crippen LogP contribution >= 0.6 is 0 Å². The second-order valence-corrected chi connectivity index (χ2v) is 6.04. The average molecular weight is 359 g/mol. The molecule has 1 aromatic heterocycles. The van der Waals surface area contributed by atoms with Gasteiger partial charge in [0.2, 0.25) is 0 Å². The molecule has 1 aliphatic rings. The number of aromatic nitrogens is 2. The van der Waals surface area contributed by atoms with E-state index in [9.17, 15) is 14.4 Å². The van der Waals surface area contributed by atoms with Crippen molar-refractivity contribution in [2.75, 3.05) is 19.8 Å². The van der Waals surface area contributed by atoms with E-state index in [4.69, 9.17) is 9.47 Å². The summed E-state index contributed by atoms with van der Waals surface area (Å²) in [6.45, 7) is 2.00. The molecule has 1 saturated heterocycles. The van der Waals surface area contributed by atoms with Crippen molar-refractivity contribution < 1.29 is 23.9 Å². The van der Waals surface area contributed by atoms with Crippen LogP contribution in [0.25, 0.3) is 10.9 Å². The van der Waals surface area contributed by atoms with Crippen molar-refractivity contribution in [3.63, 3.8) is 0 Å². The highest BCUT2D eigenvalue weighted by atomic mass is 16.5. The monoisotopic (exact) mass is 359 g/mol. The fraction of sp³-hybridized carbons (Fsp3) is 0.444. The first-order chi connectivity index (χ1) is 12.6. The van der Waals surface area contributed by atoms with Gasteiger partial charge in [-0.2, -0.15) is 5.10 Å². The Kier molecular flexibility index (Phi) is 5.50. The van der Waals surface area contributed by atoms with E-state index in [0.717, 1.165) is 12.8 Å². The number of ether oxygens (including phenoxy) is 2. The summed E-state index contributed by atoms with van der Waals surface area (Å²) in [7, 11) is 0. The number of amides is 1. The first kappa shape index (κ1) is 17.9. The fourth-order valence-electron chi connectivity index (χ4n) is 3.11. The lowest BCUT2D eigenvalue weighted by Crippen LogP contribution is -2.50. The van der Waals surface area contributed by atoms with Crippen LogP contribution in [-0.2, 0) is 19.1 Å². The molecule has 1 atom stereocenters. The summed E-state index contributed by atoms with van der Waals surface area (Å²) >= 11 is 0. The normalized spacial score (nSPS) is 17.1. The number of benzene rings is 1. The first-order valence-corrected chi connectivity index (χ1v) is 8.68. The number of para-hydroxylation sites is 1. The zero-order valence-electron chi connectivity index (χ0n) is 14.6. The predicted molar refractivity (Wildman–Crippen MR) is 92.4 cm³/mol. The van der Waals surface area contributed by atoms with E-state index in [0.29, 0.717) is 23.9 Å². The quantitative estimate of drug-likeness (QED) is 0.815. The molecule has 26 heavy (non-hydrogen) atoms. The number of fused-ring (bicyclic) bond motifs is 1. The molecule has 0 saturated carbocycles. The lowest BCUT2D eigenvalue weighted by atomic mass is 10.0. The molecule has 2 aromatic rings. The molecule has 1 fully saturated rings. The molecule has 1 aliphatic heterocycles. The average Bonchev–Trinajstić information content (AvgIpc) is 3.10. The zero-order chi connectivity index (χ0) is 18.5. The third kappa shape index (κ3) is 3.68. The van der Waals surface area contributed by atoms with Gasteiger partial charge in [-0.1, -0.05) is 18.2 Å². The van der Waals surface area contributed by atoms with Crippen LogP contribution in [0.5, 0.6) is 0 Å². The number of carbonyl (C=O) groups excluding carboxylic acids is 3. The topological polar surface area (TPSA) is 102 Å². The Hall–Kier alpha value is -2.90. The molecule has 0 radical (unpaired) electrons. The van der Waals surface area contributed by atoms with Crippen LogP contribution in [0.15, 0.2) is 24.3 Å². The van der Waals surface area contributed by atoms with Crippen LogP contribution in [0.1, 0.15) is 36.7 Å². The number of H-pyrrole nitrogens is 1. The predicted octanol–water partition coefficient (Wildman–Crippen LogP) is 1.66. The lowest BCUT2D eigenvalue weighted by molar-refractivity contribution is -0.157. The molecular formula is C18H21N3O5. The minimum Gasteiger partial charge on any atom is -0.464 e. The van der Waals surface area contributed by atoms with Crippen molar-refractivity contribution in [3.8, 4) is 0 Å². The Balaban J connectivity index is 1.63. The van der Waals surface area contributed by atoms with Gasteiger partial charge in [0, 0.05) is 11.9 Å². The van der Waals surface area contributed by atoms with Crippen molar-refractivity contribution in [2.24, 2.45) is 0 Å². The maximum atomic E-state index is 12.5. The van der Waals surface area contributed by atoms with E-state index in [-0.39, 0.29) is 12.3 Å². The highest BCUT2D eigenvalue weighted by molar-refractivity contribution is 6.02. The summed E-state index contributed by atoms with van der Waals surface area (Å²) in [5.74, 6) is -1.50. The van der Waals surface area contributed by atoms with Crippen molar-refractivity contribution in [1.29, 1.82) is 0 Å². The number of rotatable bonds is 5. The van der Waals surface area contributed by atoms with Gasteiger partial charge >= 0.3 is 11.9 Å². The Morgan fingerprint density at radius 1 is 1.23 bits per heavy atom. The fourth-order valence-corrected chi connectivity index (χ4v) is 3.11. The summed E-state index contributed by atoms with van der Waals surface area (Å²) in [6.07, 6.45) is 2.22. The van der Waals surface area contributed by atoms with Gasteiger partial charge in [-0.25, -0.2) is 9.59 Å². The summed E-state index contributed by atoms with van der Waals surface area (Å²) in [6, 6.07) is 6.55. The van der Waals surface area contributed by atoms with E-state index in [2.05, 4.69) is 10.2 Å². The number of aromatic amines is 1. The van der Waals surface area contributed by atoms with E-state index in [1.54, 1.807) is 25.1 Å². The number of likely N-dealkylation sites (tertiary alicyclic amines) is 1. The second kappa shape index (κ2) is 7.99. The van der Waals surface area contributed by atoms with Crippen molar-refractivity contribution in [3.05, 3.63) is 30.0 Å². The van der Waals surface area contributed by atoms with Crippen LogP contribution < -0.4 is 0 Å². The maximum Gasteiger partial charge on any atom is 0.359 e. The SMILES string of the molecule is CCOC(=O)[C@@H]1CCCCN1C(=O)COC(=O)c1n[nH]c2ccccc12. The molecular weight excluding hydrogens is 338 g/mol. The highest BCUT2D eigenvalue weighted by Crippen LogP contribution is 2.19. The number of carbonyl (C=O) groups is 3. The van der Waals surface area contributed by atoms with E-state index in [1.165, 1.54) is 4.90 Å². The zero-order valence-corrected chi connectivity index (χ0v) is 14.6. The minimum absolute atomic E-state index is 0.133. The van der Waals surface area contributed by atoms with Crippen LogP contribution in [0.4, 0.5) is 0 Å². The number of nitrogens with zero attached hydrogens (tertiary/aromatic N) is 2. The number of hydrogen-bond acceptors (Lipinski definition) is 6. The summed E-state index contributed by atoms with van der Waals surface area (Å²) in [4.78, 5) is 38.2. The van der Waals surface area contributed by atoms with E-state index < -0.39 is 30.5 Å². The van der Waals surface area contributed by atoms with Gasteiger partial charge in [-0.05, 0) is 32.3 Å². The summed E-state index contributed by atoms with van der Waals surface area (Å²) in [5.41, 5.74) is 0.846. The van der Waals surface area contributed by atoms with Crippen molar-refractivity contribution in [2.45, 2.75) is 32.2 Å². The van der Waals surface area contributed by atoms with Crippen LogP contribution in [0.2, 0.25) is 0 Å². The van der Waals surface area contributed by atoms with Crippen LogP contribution in [0, 0.1) is 0 Å². The summed E-state index contributed by atoms with van der Waals surface area (Å²) < 4.78 is 10.2. The minimum atomic E-state index is -0.680. The van der Waals surface area contributed by atoms with E-state index in [1.807, 2.05) is 6.07 Å². The third-order valence-electron chi connectivity index (χ3n) is 4.37. The lowest BCUT2D eigenvalue weighted by Gasteiger charge is -2.33. The van der Waals surface area contributed by atoms with Gasteiger partial charge in [-0.3, -0.25) is 9.89 Å². The smallest absolute Gasteiger partial charge is 0.359 e. The molecule has 1 N–H and O–H groups in total. The highest BCUT2D eigenvalue weighted by Gasteiger charge is 2.33. The molecule has 0 bridgehead atoms. The van der Waals surface area contributed by atoms with Crippen molar-refractivity contribution in [1.82, 2.24) is 15.1 Å². The molecule has 0 aliphatic carbocycles. The van der Waals surface area contributed by atoms with E-state index >= 15 is 0 Å². The molecule has 138 valence electrons. The van der Waals surface area contributed by atoms with Gasteiger partial charge in [0.05, 0.1) is 12.1 Å². The Morgan fingerprint density at radius 3 is 2.85 bits per heavy atom. The van der Waals surface area contributed by atoms with Crippen LogP contribution in [-0.4, -0.2) is 58.7 Å². The Bertz CT molecular complexity index is 816. The Morgan fingerprint density at radius 2 is 2.04 bits per heavy atom. The molecule has 0 unspecified atom stereocenters. The molecule has 1 amide bonds. The number of hydrogen-bond donors (Lipinski definition) is 1. The molecule has 8 heteroatoms.